The Hall–Kier alpha value is -2.66. The summed E-state index contributed by atoms with van der Waals surface area (Å²) in [5, 5.41) is 0. The van der Waals surface area contributed by atoms with Gasteiger partial charge in [-0.1, -0.05) is 54.6 Å². The Balaban J connectivity index is 2.14. The average Bonchev–Trinajstić information content (AvgIpc) is 2.95. The van der Waals surface area contributed by atoms with E-state index in [2.05, 4.69) is 6.58 Å². The van der Waals surface area contributed by atoms with Crippen molar-refractivity contribution in [3.8, 4) is 0 Å². The first-order valence-electron chi connectivity index (χ1n) is 7.42. The molecule has 2 aromatic carbocycles. The number of sulfone groups is 1. The van der Waals surface area contributed by atoms with E-state index in [0.717, 1.165) is 0 Å². The molecule has 0 aromatic heterocycles. The summed E-state index contributed by atoms with van der Waals surface area (Å²) in [5.74, 6) is -0.843. The van der Waals surface area contributed by atoms with Crippen LogP contribution in [0.1, 0.15) is 12.0 Å². The van der Waals surface area contributed by atoms with Crippen LogP contribution in [0.3, 0.4) is 0 Å². The van der Waals surface area contributed by atoms with Crippen LogP contribution in [0.2, 0.25) is 0 Å². The number of benzene rings is 2. The van der Waals surface area contributed by atoms with E-state index in [1.807, 2.05) is 18.2 Å². The molecule has 0 amide bonds. The van der Waals surface area contributed by atoms with Crippen LogP contribution >= 0.6 is 0 Å². The molecule has 1 heterocycles. The lowest BCUT2D eigenvalue weighted by atomic mass is 9.91. The van der Waals surface area contributed by atoms with Crippen LogP contribution in [0, 0.1) is 0 Å². The molecule has 0 saturated carbocycles. The third-order valence-electron chi connectivity index (χ3n) is 3.89. The van der Waals surface area contributed by atoms with Crippen molar-refractivity contribution in [2.24, 2.45) is 0 Å². The fourth-order valence-electron chi connectivity index (χ4n) is 2.73. The zero-order chi connectivity index (χ0) is 17.2. The molecule has 0 radical (unpaired) electrons. The van der Waals surface area contributed by atoms with Crippen molar-refractivity contribution < 1.29 is 17.9 Å². The van der Waals surface area contributed by atoms with Crippen molar-refractivity contribution in [3.05, 3.63) is 89.9 Å². The summed E-state index contributed by atoms with van der Waals surface area (Å²) in [6.45, 7) is 3.70. The topological polar surface area (TPSA) is 60.4 Å². The monoisotopic (exact) mass is 340 g/mol. The van der Waals surface area contributed by atoms with E-state index in [4.69, 9.17) is 4.74 Å². The predicted molar refractivity (Wildman–Crippen MR) is 90.7 cm³/mol. The average molecular weight is 340 g/mol. The minimum atomic E-state index is -3.93. The summed E-state index contributed by atoms with van der Waals surface area (Å²) in [6.07, 6.45) is 3.29. The summed E-state index contributed by atoms with van der Waals surface area (Å²) in [6, 6.07) is 16.9. The molecule has 5 heteroatoms. The normalized spacial score (nSPS) is 20.3. The first kappa shape index (κ1) is 16.2. The fourth-order valence-corrected chi connectivity index (χ4v) is 4.10. The largest absolute Gasteiger partial charge is 0.445 e. The Kier molecular flexibility index (Phi) is 4.11. The highest BCUT2D eigenvalue weighted by Crippen LogP contribution is 2.40. The van der Waals surface area contributed by atoms with Gasteiger partial charge in [0.05, 0.1) is 4.90 Å². The molecule has 1 aliphatic heterocycles. The highest BCUT2D eigenvalue weighted by atomic mass is 32.2. The molecule has 0 bridgehead atoms. The molecular weight excluding hydrogens is 324 g/mol. The van der Waals surface area contributed by atoms with Crippen molar-refractivity contribution in [3.63, 3.8) is 0 Å². The summed E-state index contributed by atoms with van der Waals surface area (Å²) in [4.78, 5) is 12.1. The van der Waals surface area contributed by atoms with E-state index in [0.29, 0.717) is 5.56 Å². The minimum absolute atomic E-state index is 0.0654. The highest BCUT2D eigenvalue weighted by Gasteiger charge is 2.45. The predicted octanol–water partition coefficient (Wildman–Crippen LogP) is 3.37. The Morgan fingerprint density at radius 2 is 1.58 bits per heavy atom. The number of rotatable bonds is 5. The Morgan fingerprint density at radius 3 is 2.17 bits per heavy atom. The summed E-state index contributed by atoms with van der Waals surface area (Å²) in [7, 11) is -3.93. The maximum absolute atomic E-state index is 12.8. The van der Waals surface area contributed by atoms with Gasteiger partial charge in [-0.15, -0.1) is 6.58 Å². The van der Waals surface area contributed by atoms with Crippen LogP contribution in [0.4, 0.5) is 0 Å². The van der Waals surface area contributed by atoms with Crippen molar-refractivity contribution in [1.29, 1.82) is 0 Å². The van der Waals surface area contributed by atoms with Crippen molar-refractivity contribution in [2.75, 3.05) is 0 Å². The standard InChI is InChI=1S/C19H16O4S/c1-2-13-19(15-9-5-3-6-10-15)14-17(18(20)23-19)24(21,22)16-11-7-4-8-12-16/h2-12,14H,1,13H2. The van der Waals surface area contributed by atoms with E-state index in [-0.39, 0.29) is 16.2 Å². The van der Waals surface area contributed by atoms with E-state index < -0.39 is 21.4 Å². The van der Waals surface area contributed by atoms with Crippen LogP contribution in [-0.4, -0.2) is 14.4 Å². The number of carbonyl (C=O) groups is 1. The lowest BCUT2D eigenvalue weighted by Crippen LogP contribution is -2.24. The lowest BCUT2D eigenvalue weighted by molar-refractivity contribution is -0.146. The van der Waals surface area contributed by atoms with Gasteiger partial charge in [0.25, 0.3) is 0 Å². The highest BCUT2D eigenvalue weighted by molar-refractivity contribution is 7.96. The molecule has 2 aromatic rings. The van der Waals surface area contributed by atoms with Gasteiger partial charge in [-0.25, -0.2) is 13.2 Å². The first-order valence-corrected chi connectivity index (χ1v) is 8.91. The van der Waals surface area contributed by atoms with Crippen molar-refractivity contribution >= 4 is 15.8 Å². The van der Waals surface area contributed by atoms with Gasteiger partial charge in [-0.3, -0.25) is 0 Å². The minimum Gasteiger partial charge on any atom is -0.445 e. The van der Waals surface area contributed by atoms with Gasteiger partial charge in [0.2, 0.25) is 9.84 Å². The summed E-state index contributed by atoms with van der Waals surface area (Å²) < 4.78 is 31.1. The Bertz CT molecular complexity index is 899. The van der Waals surface area contributed by atoms with Gasteiger partial charge >= 0.3 is 5.97 Å². The molecule has 122 valence electrons. The number of esters is 1. The molecule has 0 fully saturated rings. The quantitative estimate of drug-likeness (QED) is 0.618. The number of carbonyl (C=O) groups excluding carboxylic acids is 1. The second kappa shape index (κ2) is 6.09. The molecule has 0 N–H and O–H groups in total. The van der Waals surface area contributed by atoms with Crippen LogP contribution in [-0.2, 0) is 25.0 Å². The number of cyclic esters (lactones) is 1. The summed E-state index contributed by atoms with van der Waals surface area (Å²) >= 11 is 0. The molecular formula is C19H16O4S. The van der Waals surface area contributed by atoms with Gasteiger partial charge in [0.15, 0.2) is 10.5 Å². The molecule has 1 aliphatic rings. The van der Waals surface area contributed by atoms with Crippen LogP contribution in [0.15, 0.2) is 89.2 Å². The molecule has 24 heavy (non-hydrogen) atoms. The van der Waals surface area contributed by atoms with E-state index in [9.17, 15) is 13.2 Å². The third kappa shape index (κ3) is 2.67. The van der Waals surface area contributed by atoms with E-state index in [1.165, 1.54) is 18.2 Å². The number of hydrogen-bond acceptors (Lipinski definition) is 4. The van der Waals surface area contributed by atoms with Crippen LogP contribution < -0.4 is 0 Å². The second-order valence-electron chi connectivity index (χ2n) is 5.46. The van der Waals surface area contributed by atoms with Crippen molar-refractivity contribution in [2.45, 2.75) is 16.9 Å². The zero-order valence-corrected chi connectivity index (χ0v) is 13.7. The second-order valence-corrected chi connectivity index (χ2v) is 7.38. The lowest BCUT2D eigenvalue weighted by Gasteiger charge is -2.25. The molecule has 1 atom stereocenters. The molecule has 3 rings (SSSR count). The van der Waals surface area contributed by atoms with Gasteiger partial charge in [0, 0.05) is 6.42 Å². The molecule has 0 saturated heterocycles. The number of hydrogen-bond donors (Lipinski definition) is 0. The van der Waals surface area contributed by atoms with Crippen LogP contribution in [0.5, 0.6) is 0 Å². The SMILES string of the molecule is C=CCC1(c2ccccc2)C=C(S(=O)(=O)c2ccccc2)C(=O)O1. The molecule has 0 aliphatic carbocycles. The van der Waals surface area contributed by atoms with E-state index in [1.54, 1.807) is 36.4 Å². The molecule has 4 nitrogen and oxygen atoms in total. The zero-order valence-electron chi connectivity index (χ0n) is 12.9. The van der Waals surface area contributed by atoms with Gasteiger partial charge in [-0.2, -0.15) is 0 Å². The Labute approximate surface area is 141 Å². The third-order valence-corrected chi connectivity index (χ3v) is 5.65. The molecule has 1 unspecified atom stereocenters. The van der Waals surface area contributed by atoms with Crippen molar-refractivity contribution in [1.82, 2.24) is 0 Å². The molecule has 0 spiro atoms. The maximum Gasteiger partial charge on any atom is 0.351 e. The Morgan fingerprint density at radius 1 is 1.00 bits per heavy atom. The van der Waals surface area contributed by atoms with Crippen LogP contribution in [0.25, 0.3) is 0 Å². The van der Waals surface area contributed by atoms with Gasteiger partial charge in [-0.05, 0) is 23.8 Å². The smallest absolute Gasteiger partial charge is 0.351 e. The van der Waals surface area contributed by atoms with Gasteiger partial charge < -0.3 is 4.74 Å². The fraction of sp³-hybridized carbons (Fsp3) is 0.105. The number of ether oxygens (including phenoxy) is 1. The maximum atomic E-state index is 12.8. The summed E-state index contributed by atoms with van der Waals surface area (Å²) in [5.41, 5.74) is -0.436. The first-order chi connectivity index (χ1) is 11.5. The van der Waals surface area contributed by atoms with E-state index >= 15 is 0 Å². The van der Waals surface area contributed by atoms with Gasteiger partial charge in [0.1, 0.15) is 0 Å².